The minimum absolute atomic E-state index is 0.0686. The molecule has 0 radical (unpaired) electrons. The van der Waals surface area contributed by atoms with E-state index >= 15 is 0 Å². The third kappa shape index (κ3) is 4.72. The van der Waals surface area contributed by atoms with Crippen molar-refractivity contribution >= 4 is 28.8 Å². The summed E-state index contributed by atoms with van der Waals surface area (Å²) in [7, 11) is 1.59. The van der Waals surface area contributed by atoms with Crippen LogP contribution in [0.3, 0.4) is 0 Å². The number of anilines is 1. The molecule has 0 aliphatic carbocycles. The van der Waals surface area contributed by atoms with E-state index in [9.17, 15) is 9.59 Å². The summed E-state index contributed by atoms with van der Waals surface area (Å²) < 4.78 is 8.35. The number of carbonyl (C=O) groups is 1. The highest BCUT2D eigenvalue weighted by molar-refractivity contribution is 6.30. The van der Waals surface area contributed by atoms with E-state index in [1.807, 2.05) is 29.2 Å². The summed E-state index contributed by atoms with van der Waals surface area (Å²) >= 11 is 6.11. The zero-order valence-electron chi connectivity index (χ0n) is 19.3. The number of aryl methyl sites for hydroxylation is 1. The Labute approximate surface area is 207 Å². The second-order valence-electron chi connectivity index (χ2n) is 8.33. The first-order valence-electron chi connectivity index (χ1n) is 11.4. The second-order valence-corrected chi connectivity index (χ2v) is 8.77. The molecule has 1 fully saturated rings. The molecule has 0 unspecified atom stereocenters. The molecule has 180 valence electrons. The summed E-state index contributed by atoms with van der Waals surface area (Å²) in [5.74, 6) is 1.37. The normalized spacial score (nSPS) is 13.9. The number of rotatable bonds is 6. The van der Waals surface area contributed by atoms with Crippen molar-refractivity contribution in [3.63, 3.8) is 0 Å². The largest absolute Gasteiger partial charge is 0.497 e. The number of amides is 1. The molecule has 0 spiro atoms. The van der Waals surface area contributed by atoms with Crippen LogP contribution in [-0.2, 0) is 11.2 Å². The van der Waals surface area contributed by atoms with Crippen LogP contribution in [0.2, 0.25) is 5.02 Å². The second kappa shape index (κ2) is 9.79. The van der Waals surface area contributed by atoms with Crippen LogP contribution in [-0.4, -0.2) is 63.3 Å². The first-order chi connectivity index (χ1) is 17.0. The molecule has 4 aromatic rings. The van der Waals surface area contributed by atoms with E-state index in [-0.39, 0.29) is 17.1 Å². The van der Waals surface area contributed by atoms with Crippen molar-refractivity contribution in [2.75, 3.05) is 38.2 Å². The van der Waals surface area contributed by atoms with E-state index in [2.05, 4.69) is 15.1 Å². The smallest absolute Gasteiger partial charge is 0.300 e. The van der Waals surface area contributed by atoms with Crippen molar-refractivity contribution in [2.45, 2.75) is 12.8 Å². The van der Waals surface area contributed by atoms with Gasteiger partial charge >= 0.3 is 5.56 Å². The Hall–Kier alpha value is -3.85. The van der Waals surface area contributed by atoms with E-state index < -0.39 is 0 Å². The summed E-state index contributed by atoms with van der Waals surface area (Å²) in [4.78, 5) is 29.9. The van der Waals surface area contributed by atoms with Crippen LogP contribution >= 0.6 is 11.6 Å². The number of piperazine rings is 1. The van der Waals surface area contributed by atoms with Gasteiger partial charge in [-0.2, -0.15) is 0 Å². The molecule has 0 saturated carbocycles. The number of benzene rings is 2. The topological polar surface area (TPSA) is 85.0 Å². The first kappa shape index (κ1) is 22.9. The maximum atomic E-state index is 13.0. The van der Waals surface area contributed by atoms with Gasteiger partial charge in [-0.25, -0.2) is 0 Å². The summed E-state index contributed by atoms with van der Waals surface area (Å²) in [6.45, 7) is 2.81. The molecule has 9 nitrogen and oxygen atoms in total. The average Bonchev–Trinajstić information content (AvgIpc) is 3.31. The monoisotopic (exact) mass is 492 g/mol. The SMILES string of the molecule is COc1ccc(-n2ccn3c(CCC(=O)N4CCN(c5cccc(Cl)c5)CC4)nnc3c2=O)cc1. The maximum Gasteiger partial charge on any atom is 0.300 e. The number of halogens is 1. The molecule has 2 aromatic carbocycles. The molecule has 0 atom stereocenters. The number of ether oxygens (including phenoxy) is 1. The van der Waals surface area contributed by atoms with Crippen LogP contribution in [0.4, 0.5) is 5.69 Å². The van der Waals surface area contributed by atoms with Crippen molar-refractivity contribution < 1.29 is 9.53 Å². The number of fused-ring (bicyclic) bond motifs is 1. The number of hydrogen-bond donors (Lipinski definition) is 0. The van der Waals surface area contributed by atoms with Gasteiger partial charge in [0.2, 0.25) is 11.6 Å². The summed E-state index contributed by atoms with van der Waals surface area (Å²) in [6, 6.07) is 15.0. The lowest BCUT2D eigenvalue weighted by molar-refractivity contribution is -0.131. The Morgan fingerprint density at radius 1 is 1.00 bits per heavy atom. The van der Waals surface area contributed by atoms with Crippen LogP contribution < -0.4 is 15.2 Å². The van der Waals surface area contributed by atoms with E-state index in [0.717, 1.165) is 18.8 Å². The molecule has 10 heteroatoms. The molecule has 1 saturated heterocycles. The predicted octanol–water partition coefficient (Wildman–Crippen LogP) is 2.82. The number of hydrogen-bond acceptors (Lipinski definition) is 6. The number of aromatic nitrogens is 4. The Balaban J connectivity index is 1.23. The van der Waals surface area contributed by atoms with E-state index in [1.165, 1.54) is 4.57 Å². The Kier molecular flexibility index (Phi) is 6.41. The third-order valence-corrected chi connectivity index (χ3v) is 6.50. The first-order valence-corrected chi connectivity index (χ1v) is 11.8. The lowest BCUT2D eigenvalue weighted by Crippen LogP contribution is -2.48. The Bertz CT molecular complexity index is 1410. The lowest BCUT2D eigenvalue weighted by Gasteiger charge is -2.36. The fraction of sp³-hybridized carbons (Fsp3) is 0.280. The minimum Gasteiger partial charge on any atom is -0.497 e. The molecule has 0 N–H and O–H groups in total. The maximum absolute atomic E-state index is 13.0. The molecule has 2 aromatic heterocycles. The molecule has 35 heavy (non-hydrogen) atoms. The van der Waals surface area contributed by atoms with E-state index in [1.54, 1.807) is 48.2 Å². The zero-order chi connectivity index (χ0) is 24.4. The van der Waals surface area contributed by atoms with Gasteiger partial charge in [0.25, 0.3) is 0 Å². The van der Waals surface area contributed by atoms with Gasteiger partial charge in [-0.05, 0) is 42.5 Å². The van der Waals surface area contributed by atoms with Crippen molar-refractivity contribution in [3.05, 3.63) is 82.1 Å². The summed E-state index contributed by atoms with van der Waals surface area (Å²) in [6.07, 6.45) is 4.14. The lowest BCUT2D eigenvalue weighted by atomic mass is 10.2. The molecular formula is C25H25ClN6O3. The molecule has 1 aliphatic rings. The molecular weight excluding hydrogens is 468 g/mol. The predicted molar refractivity (Wildman–Crippen MR) is 134 cm³/mol. The van der Waals surface area contributed by atoms with Gasteiger partial charge in [-0.1, -0.05) is 17.7 Å². The van der Waals surface area contributed by atoms with Gasteiger partial charge in [0.1, 0.15) is 11.6 Å². The summed E-state index contributed by atoms with van der Waals surface area (Å²) in [5, 5.41) is 8.98. The van der Waals surface area contributed by atoms with Crippen molar-refractivity contribution in [1.29, 1.82) is 0 Å². The van der Waals surface area contributed by atoms with Crippen molar-refractivity contribution in [1.82, 2.24) is 24.1 Å². The van der Waals surface area contributed by atoms with Crippen molar-refractivity contribution in [3.8, 4) is 11.4 Å². The highest BCUT2D eigenvalue weighted by Gasteiger charge is 2.22. The van der Waals surface area contributed by atoms with E-state index in [0.29, 0.717) is 48.2 Å². The highest BCUT2D eigenvalue weighted by Crippen LogP contribution is 2.21. The standard InChI is InChI=1S/C25H25ClN6O3/c1-35-21-7-5-19(6-8-21)31-15-16-32-22(27-28-24(32)25(31)34)9-10-23(33)30-13-11-29(12-14-30)20-4-2-3-18(26)17-20/h2-8,15-17H,9-14H2,1H3. The highest BCUT2D eigenvalue weighted by atomic mass is 35.5. The third-order valence-electron chi connectivity index (χ3n) is 6.26. The molecule has 1 amide bonds. The van der Waals surface area contributed by atoms with Gasteiger partial charge < -0.3 is 14.5 Å². The molecule has 0 bridgehead atoms. The fourth-order valence-electron chi connectivity index (χ4n) is 4.32. The van der Waals surface area contributed by atoms with Crippen LogP contribution in [0.25, 0.3) is 11.3 Å². The van der Waals surface area contributed by atoms with Gasteiger partial charge in [-0.3, -0.25) is 18.6 Å². The average molecular weight is 493 g/mol. The Morgan fingerprint density at radius 3 is 2.49 bits per heavy atom. The zero-order valence-corrected chi connectivity index (χ0v) is 20.1. The van der Waals surface area contributed by atoms with Gasteiger partial charge in [0.15, 0.2) is 0 Å². The number of carbonyl (C=O) groups excluding carboxylic acids is 1. The van der Waals surface area contributed by atoms with Crippen LogP contribution in [0.1, 0.15) is 12.2 Å². The summed E-state index contributed by atoms with van der Waals surface area (Å²) in [5.41, 5.74) is 1.72. The van der Waals surface area contributed by atoms with Crippen LogP contribution in [0.15, 0.2) is 65.7 Å². The quantitative estimate of drug-likeness (QED) is 0.411. The minimum atomic E-state index is -0.278. The van der Waals surface area contributed by atoms with E-state index in [4.69, 9.17) is 16.3 Å². The fourth-order valence-corrected chi connectivity index (χ4v) is 4.50. The van der Waals surface area contributed by atoms with Crippen LogP contribution in [0, 0.1) is 0 Å². The molecule has 3 heterocycles. The van der Waals surface area contributed by atoms with Gasteiger partial charge in [0, 0.05) is 67.8 Å². The molecule has 5 rings (SSSR count). The van der Waals surface area contributed by atoms with Gasteiger partial charge in [0.05, 0.1) is 7.11 Å². The van der Waals surface area contributed by atoms with Gasteiger partial charge in [-0.15, -0.1) is 10.2 Å². The van der Waals surface area contributed by atoms with Crippen LogP contribution in [0.5, 0.6) is 5.75 Å². The van der Waals surface area contributed by atoms with Crippen molar-refractivity contribution in [2.24, 2.45) is 0 Å². The number of nitrogens with zero attached hydrogens (tertiary/aromatic N) is 6. The molecule has 1 aliphatic heterocycles. The Morgan fingerprint density at radius 2 is 1.77 bits per heavy atom. The number of methoxy groups -OCH3 is 1.